The summed E-state index contributed by atoms with van der Waals surface area (Å²) in [6, 6.07) is 10.4. The fourth-order valence-electron chi connectivity index (χ4n) is 3.64. The molecular formula is C25H31N5O3. The molecule has 1 aliphatic heterocycles. The van der Waals surface area contributed by atoms with Crippen LogP contribution in [0.3, 0.4) is 0 Å². The smallest absolute Gasteiger partial charge is 0.211 e. The summed E-state index contributed by atoms with van der Waals surface area (Å²) < 4.78 is 10.6. The number of aromatic nitrogens is 2. The SMILES string of the molecule is C=C(Nc1cc(OC)c(OC)cc1C)c1[nH]ncc1NC=O.Cc1ccc2c(c1)CNCC2. The maximum atomic E-state index is 10.6. The zero-order valence-corrected chi connectivity index (χ0v) is 19.5. The maximum Gasteiger partial charge on any atom is 0.211 e. The molecule has 174 valence electrons. The molecule has 0 saturated carbocycles. The molecule has 0 atom stereocenters. The first-order chi connectivity index (χ1) is 16.0. The van der Waals surface area contributed by atoms with Crippen molar-refractivity contribution >= 4 is 23.5 Å². The van der Waals surface area contributed by atoms with E-state index in [9.17, 15) is 4.79 Å². The van der Waals surface area contributed by atoms with Crippen LogP contribution in [0.5, 0.6) is 11.5 Å². The van der Waals surface area contributed by atoms with Crippen molar-refractivity contribution in [2.24, 2.45) is 0 Å². The molecule has 2 aromatic carbocycles. The van der Waals surface area contributed by atoms with Gasteiger partial charge in [0.05, 0.1) is 31.8 Å². The van der Waals surface area contributed by atoms with Crippen LogP contribution in [0.2, 0.25) is 0 Å². The third-order valence-corrected chi connectivity index (χ3v) is 5.42. The Morgan fingerprint density at radius 2 is 1.85 bits per heavy atom. The van der Waals surface area contributed by atoms with Gasteiger partial charge in [-0.25, -0.2) is 0 Å². The van der Waals surface area contributed by atoms with Crippen LogP contribution in [0, 0.1) is 13.8 Å². The quantitative estimate of drug-likeness (QED) is 0.407. The van der Waals surface area contributed by atoms with E-state index in [1.54, 1.807) is 14.2 Å². The standard InChI is InChI=1S/C15H18N4O3.C10H13N/c1-9-5-13(21-3)14(22-4)6-11(9)18-10(2)15-12(16-8-20)7-17-19-15;1-8-2-3-9-4-5-11-7-10(9)6-8/h5-8,18H,2H2,1,3-4H3,(H,16,20)(H,17,19);2-3,6,11H,4-5,7H2,1H3. The Bertz CT molecular complexity index is 1120. The van der Waals surface area contributed by atoms with Crippen LogP contribution in [0.25, 0.3) is 5.70 Å². The van der Waals surface area contributed by atoms with Gasteiger partial charge in [0, 0.05) is 18.3 Å². The number of carbonyl (C=O) groups is 1. The topological polar surface area (TPSA) is 100 Å². The van der Waals surface area contributed by atoms with E-state index < -0.39 is 0 Å². The average Bonchev–Trinajstić information content (AvgIpc) is 3.29. The van der Waals surface area contributed by atoms with Gasteiger partial charge in [-0.1, -0.05) is 30.3 Å². The van der Waals surface area contributed by atoms with Gasteiger partial charge >= 0.3 is 0 Å². The minimum atomic E-state index is 0.547. The summed E-state index contributed by atoms with van der Waals surface area (Å²) in [5.74, 6) is 1.26. The Kier molecular flexibility index (Phi) is 8.10. The highest BCUT2D eigenvalue weighted by atomic mass is 16.5. The second-order valence-corrected chi connectivity index (χ2v) is 7.75. The molecule has 4 rings (SSSR count). The van der Waals surface area contributed by atoms with E-state index in [4.69, 9.17) is 9.47 Å². The van der Waals surface area contributed by atoms with Crippen LogP contribution in [-0.4, -0.2) is 37.4 Å². The van der Waals surface area contributed by atoms with Gasteiger partial charge in [0.2, 0.25) is 6.41 Å². The van der Waals surface area contributed by atoms with E-state index in [1.165, 1.54) is 29.3 Å². The number of amides is 1. The maximum absolute atomic E-state index is 10.6. The summed E-state index contributed by atoms with van der Waals surface area (Å²) in [5, 5.41) is 15.8. The molecule has 0 saturated heterocycles. The lowest BCUT2D eigenvalue weighted by atomic mass is 9.99. The van der Waals surface area contributed by atoms with Gasteiger partial charge in [-0.3, -0.25) is 9.89 Å². The lowest BCUT2D eigenvalue weighted by Gasteiger charge is -2.16. The van der Waals surface area contributed by atoms with Crippen LogP contribution in [-0.2, 0) is 17.8 Å². The number of benzene rings is 2. The number of nitrogens with zero attached hydrogens (tertiary/aromatic N) is 1. The van der Waals surface area contributed by atoms with Crippen LogP contribution in [0.4, 0.5) is 11.4 Å². The van der Waals surface area contributed by atoms with Crippen molar-refractivity contribution in [3.8, 4) is 11.5 Å². The fraction of sp³-hybridized carbons (Fsp3) is 0.280. The minimum Gasteiger partial charge on any atom is -0.493 e. The van der Waals surface area contributed by atoms with Crippen molar-refractivity contribution in [3.63, 3.8) is 0 Å². The lowest BCUT2D eigenvalue weighted by Crippen LogP contribution is -2.23. The average molecular weight is 450 g/mol. The number of ether oxygens (including phenoxy) is 2. The Balaban J connectivity index is 0.000000231. The van der Waals surface area contributed by atoms with Crippen molar-refractivity contribution in [1.29, 1.82) is 0 Å². The number of rotatable bonds is 7. The van der Waals surface area contributed by atoms with Crippen LogP contribution in [0.15, 0.2) is 43.1 Å². The zero-order chi connectivity index (χ0) is 23.8. The first-order valence-electron chi connectivity index (χ1n) is 10.7. The number of hydrogen-bond donors (Lipinski definition) is 4. The van der Waals surface area contributed by atoms with Gasteiger partial charge in [0.15, 0.2) is 11.5 Å². The number of hydrogen-bond acceptors (Lipinski definition) is 6. The Hall–Kier alpha value is -3.78. The van der Waals surface area contributed by atoms with E-state index in [2.05, 4.69) is 57.8 Å². The van der Waals surface area contributed by atoms with Crippen molar-refractivity contribution < 1.29 is 14.3 Å². The number of carbonyl (C=O) groups excluding carboxylic acids is 1. The summed E-state index contributed by atoms with van der Waals surface area (Å²) in [6.45, 7) is 10.2. The molecule has 0 fully saturated rings. The van der Waals surface area contributed by atoms with Gasteiger partial charge in [-0.15, -0.1) is 0 Å². The molecule has 4 N–H and O–H groups in total. The molecule has 1 aliphatic rings. The summed E-state index contributed by atoms with van der Waals surface area (Å²) in [6.07, 6.45) is 3.29. The molecule has 3 aromatic rings. The van der Waals surface area contributed by atoms with E-state index in [0.29, 0.717) is 35.0 Å². The number of anilines is 2. The normalized spacial score (nSPS) is 12.0. The van der Waals surface area contributed by atoms with E-state index in [-0.39, 0.29) is 0 Å². The highest BCUT2D eigenvalue weighted by Crippen LogP contribution is 2.34. The molecule has 0 spiro atoms. The highest BCUT2D eigenvalue weighted by molar-refractivity contribution is 5.85. The fourth-order valence-corrected chi connectivity index (χ4v) is 3.64. The number of nitrogens with one attached hydrogen (secondary N) is 4. The largest absolute Gasteiger partial charge is 0.493 e. The lowest BCUT2D eigenvalue weighted by molar-refractivity contribution is -0.105. The van der Waals surface area contributed by atoms with Crippen LogP contribution < -0.4 is 25.4 Å². The summed E-state index contributed by atoms with van der Waals surface area (Å²) in [4.78, 5) is 10.6. The first kappa shape index (κ1) is 23.9. The number of H-pyrrole nitrogens is 1. The van der Waals surface area contributed by atoms with E-state index in [0.717, 1.165) is 24.3 Å². The molecule has 1 aromatic heterocycles. The molecule has 0 unspecified atom stereocenters. The molecule has 8 nitrogen and oxygen atoms in total. The molecule has 1 amide bonds. The summed E-state index contributed by atoms with van der Waals surface area (Å²) >= 11 is 0. The monoisotopic (exact) mass is 449 g/mol. The number of aryl methyl sites for hydroxylation is 2. The molecule has 0 radical (unpaired) electrons. The van der Waals surface area contributed by atoms with Crippen molar-refractivity contribution in [2.45, 2.75) is 26.8 Å². The van der Waals surface area contributed by atoms with Crippen molar-refractivity contribution in [3.05, 3.63) is 71.1 Å². The highest BCUT2D eigenvalue weighted by Gasteiger charge is 2.13. The number of fused-ring (bicyclic) bond motifs is 1. The Labute approximate surface area is 194 Å². The predicted octanol–water partition coefficient (Wildman–Crippen LogP) is 4.03. The van der Waals surface area contributed by atoms with Crippen molar-refractivity contribution in [1.82, 2.24) is 15.5 Å². The van der Waals surface area contributed by atoms with E-state index >= 15 is 0 Å². The van der Waals surface area contributed by atoms with Crippen LogP contribution >= 0.6 is 0 Å². The Morgan fingerprint density at radius 3 is 2.58 bits per heavy atom. The molecule has 0 bridgehead atoms. The third-order valence-electron chi connectivity index (χ3n) is 5.42. The second-order valence-electron chi connectivity index (χ2n) is 7.75. The molecule has 0 aliphatic carbocycles. The first-order valence-corrected chi connectivity index (χ1v) is 10.7. The number of methoxy groups -OCH3 is 2. The van der Waals surface area contributed by atoms with Gasteiger partial charge < -0.3 is 25.4 Å². The molecular weight excluding hydrogens is 418 g/mol. The second kappa shape index (κ2) is 11.2. The van der Waals surface area contributed by atoms with Crippen LogP contribution in [0.1, 0.15) is 27.9 Å². The molecule has 8 heteroatoms. The van der Waals surface area contributed by atoms with Gasteiger partial charge in [0.25, 0.3) is 0 Å². The molecule has 33 heavy (non-hydrogen) atoms. The van der Waals surface area contributed by atoms with E-state index in [1.807, 2.05) is 19.1 Å². The van der Waals surface area contributed by atoms with Gasteiger partial charge in [-0.2, -0.15) is 5.10 Å². The Morgan fingerprint density at radius 1 is 1.09 bits per heavy atom. The predicted molar refractivity (Wildman–Crippen MR) is 132 cm³/mol. The summed E-state index contributed by atoms with van der Waals surface area (Å²) in [5.41, 5.74) is 7.86. The third kappa shape index (κ3) is 5.93. The zero-order valence-electron chi connectivity index (χ0n) is 19.5. The van der Waals surface area contributed by atoms with Gasteiger partial charge in [0.1, 0.15) is 5.69 Å². The number of aromatic amines is 1. The molecule has 2 heterocycles. The summed E-state index contributed by atoms with van der Waals surface area (Å²) in [7, 11) is 3.16. The van der Waals surface area contributed by atoms with Crippen molar-refractivity contribution in [2.75, 3.05) is 31.4 Å². The van der Waals surface area contributed by atoms with Gasteiger partial charge in [-0.05, 0) is 49.6 Å². The minimum absolute atomic E-state index is 0.547.